The molecule has 0 aliphatic rings. The molecule has 0 aliphatic heterocycles. The molecule has 22 heavy (non-hydrogen) atoms. The van der Waals surface area contributed by atoms with Crippen LogP contribution in [-0.4, -0.2) is 23.2 Å². The van der Waals surface area contributed by atoms with E-state index in [0.29, 0.717) is 27.9 Å². The van der Waals surface area contributed by atoms with Crippen LogP contribution in [0.1, 0.15) is 10.5 Å². The molecule has 0 radical (unpaired) electrons. The Kier molecular flexibility index (Phi) is 3.84. The van der Waals surface area contributed by atoms with Gasteiger partial charge in [0.2, 0.25) is 0 Å². The van der Waals surface area contributed by atoms with E-state index in [1.807, 2.05) is 0 Å². The van der Waals surface area contributed by atoms with Gasteiger partial charge in [0, 0.05) is 12.1 Å². The average molecular weight is 318 g/mol. The summed E-state index contributed by atoms with van der Waals surface area (Å²) in [6.07, 6.45) is 1.55. The van der Waals surface area contributed by atoms with Crippen molar-refractivity contribution in [2.24, 2.45) is 0 Å². The first kappa shape index (κ1) is 14.2. The molecule has 3 aromatic rings. The smallest absolute Gasteiger partial charge is 0.276 e. The number of aromatic nitrogens is 2. The molecule has 0 spiro atoms. The first-order valence-electron chi connectivity index (χ1n) is 6.41. The van der Waals surface area contributed by atoms with Gasteiger partial charge in [-0.2, -0.15) is 5.10 Å². The van der Waals surface area contributed by atoms with Crippen molar-refractivity contribution in [1.29, 1.82) is 0 Å². The third-order valence-electron chi connectivity index (χ3n) is 3.02. The Labute approximate surface area is 131 Å². The third kappa shape index (κ3) is 2.82. The van der Waals surface area contributed by atoms with Gasteiger partial charge in [-0.1, -0.05) is 11.6 Å². The van der Waals surface area contributed by atoms with E-state index in [-0.39, 0.29) is 11.6 Å². The molecule has 0 unspecified atom stereocenters. The van der Waals surface area contributed by atoms with Crippen molar-refractivity contribution in [3.05, 3.63) is 53.4 Å². The highest BCUT2D eigenvalue weighted by molar-refractivity contribution is 6.34. The molecule has 0 aliphatic carbocycles. The van der Waals surface area contributed by atoms with E-state index in [2.05, 4.69) is 15.5 Å². The molecule has 1 amide bonds. The molecule has 3 rings (SSSR count). The normalized spacial score (nSPS) is 10.5. The van der Waals surface area contributed by atoms with Crippen LogP contribution in [0.25, 0.3) is 11.5 Å². The summed E-state index contributed by atoms with van der Waals surface area (Å²) >= 11 is 6.09. The van der Waals surface area contributed by atoms with Gasteiger partial charge < -0.3 is 14.5 Å². The lowest BCUT2D eigenvalue weighted by Gasteiger charge is -2.07. The number of ether oxygens (including phenoxy) is 1. The summed E-state index contributed by atoms with van der Waals surface area (Å²) in [4.78, 5) is 12.2. The zero-order chi connectivity index (χ0) is 15.5. The van der Waals surface area contributed by atoms with Crippen LogP contribution in [-0.2, 0) is 0 Å². The van der Waals surface area contributed by atoms with Crippen molar-refractivity contribution >= 4 is 23.2 Å². The number of amides is 1. The topological polar surface area (TPSA) is 80.1 Å². The van der Waals surface area contributed by atoms with E-state index in [4.69, 9.17) is 20.8 Å². The first-order valence-corrected chi connectivity index (χ1v) is 6.79. The fourth-order valence-electron chi connectivity index (χ4n) is 1.91. The number of carbonyl (C=O) groups is 1. The summed E-state index contributed by atoms with van der Waals surface area (Å²) in [6, 6.07) is 10.1. The maximum atomic E-state index is 12.2. The van der Waals surface area contributed by atoms with Gasteiger partial charge in [0.1, 0.15) is 11.4 Å². The minimum absolute atomic E-state index is 0.235. The van der Waals surface area contributed by atoms with Gasteiger partial charge in [0.15, 0.2) is 11.5 Å². The summed E-state index contributed by atoms with van der Waals surface area (Å²) in [5.41, 5.74) is 1.34. The van der Waals surface area contributed by atoms with Crippen molar-refractivity contribution < 1.29 is 13.9 Å². The summed E-state index contributed by atoms with van der Waals surface area (Å²) in [5, 5.41) is 9.80. The lowest BCUT2D eigenvalue weighted by Crippen LogP contribution is -2.12. The second-order valence-electron chi connectivity index (χ2n) is 4.44. The highest BCUT2D eigenvalue weighted by Crippen LogP contribution is 2.27. The third-order valence-corrected chi connectivity index (χ3v) is 3.33. The predicted molar refractivity (Wildman–Crippen MR) is 82.2 cm³/mol. The van der Waals surface area contributed by atoms with Crippen molar-refractivity contribution in [3.8, 4) is 17.2 Å². The number of rotatable bonds is 4. The summed E-state index contributed by atoms with van der Waals surface area (Å²) in [5.74, 6) is 0.845. The molecule has 0 atom stereocenters. The molecule has 0 bridgehead atoms. The number of furan rings is 1. The maximum absolute atomic E-state index is 12.2. The molecule has 2 aromatic heterocycles. The number of H-pyrrole nitrogens is 1. The zero-order valence-corrected chi connectivity index (χ0v) is 12.3. The number of nitrogens with one attached hydrogen (secondary N) is 2. The lowest BCUT2D eigenvalue weighted by atomic mass is 10.2. The molecular formula is C15H12ClN3O3. The molecule has 6 nitrogen and oxygen atoms in total. The number of carbonyl (C=O) groups excluding carboxylic acids is 1. The van der Waals surface area contributed by atoms with Crippen LogP contribution in [0.5, 0.6) is 5.75 Å². The van der Waals surface area contributed by atoms with Crippen LogP contribution >= 0.6 is 11.6 Å². The van der Waals surface area contributed by atoms with Crippen LogP contribution in [0.4, 0.5) is 5.69 Å². The largest absolute Gasteiger partial charge is 0.497 e. The van der Waals surface area contributed by atoms with Crippen LogP contribution in [0.3, 0.4) is 0 Å². The zero-order valence-electron chi connectivity index (χ0n) is 11.6. The Morgan fingerprint density at radius 3 is 2.91 bits per heavy atom. The van der Waals surface area contributed by atoms with E-state index in [1.165, 1.54) is 0 Å². The number of aromatic amines is 1. The lowest BCUT2D eigenvalue weighted by molar-refractivity contribution is 0.102. The summed E-state index contributed by atoms with van der Waals surface area (Å²) in [7, 11) is 1.55. The minimum atomic E-state index is -0.374. The van der Waals surface area contributed by atoms with Crippen LogP contribution in [0, 0.1) is 0 Å². The van der Waals surface area contributed by atoms with E-state index in [0.717, 1.165) is 0 Å². The van der Waals surface area contributed by atoms with Gasteiger partial charge in [-0.3, -0.25) is 9.89 Å². The van der Waals surface area contributed by atoms with Gasteiger partial charge in [-0.25, -0.2) is 0 Å². The number of anilines is 1. The fraction of sp³-hybridized carbons (Fsp3) is 0.0667. The molecule has 0 saturated heterocycles. The Hall–Kier alpha value is -2.73. The number of hydrogen-bond acceptors (Lipinski definition) is 4. The second kappa shape index (κ2) is 5.95. The number of nitrogens with zero attached hydrogens (tertiary/aromatic N) is 1. The highest BCUT2D eigenvalue weighted by atomic mass is 35.5. The van der Waals surface area contributed by atoms with E-state index < -0.39 is 0 Å². The van der Waals surface area contributed by atoms with E-state index >= 15 is 0 Å². The maximum Gasteiger partial charge on any atom is 0.276 e. The molecule has 0 saturated carbocycles. The van der Waals surface area contributed by atoms with Crippen LogP contribution in [0.15, 0.2) is 47.1 Å². The Morgan fingerprint density at radius 2 is 2.23 bits per heavy atom. The molecule has 2 N–H and O–H groups in total. The van der Waals surface area contributed by atoms with E-state index in [9.17, 15) is 4.79 Å². The Balaban J connectivity index is 1.77. The standard InChI is InChI=1S/C15H12ClN3O3/c1-21-9-4-5-11(10(16)7-9)17-15(20)13-8-12(18-19-13)14-3-2-6-22-14/h2-8H,1H3,(H,17,20)(H,18,19). The minimum Gasteiger partial charge on any atom is -0.497 e. The molecule has 2 heterocycles. The SMILES string of the molecule is COc1ccc(NC(=O)c2cc(-c3ccco3)[nH]n2)c(Cl)c1. The van der Waals surface area contributed by atoms with Crippen molar-refractivity contribution in [2.75, 3.05) is 12.4 Å². The molecule has 7 heteroatoms. The molecule has 1 aromatic carbocycles. The average Bonchev–Trinajstić information content (AvgIpc) is 3.19. The van der Waals surface area contributed by atoms with Gasteiger partial charge >= 0.3 is 0 Å². The molecule has 0 fully saturated rings. The van der Waals surface area contributed by atoms with Crippen LogP contribution < -0.4 is 10.1 Å². The Morgan fingerprint density at radius 1 is 1.36 bits per heavy atom. The fourth-order valence-corrected chi connectivity index (χ4v) is 2.12. The predicted octanol–water partition coefficient (Wildman–Crippen LogP) is 3.58. The van der Waals surface area contributed by atoms with Gasteiger partial charge in [-0.05, 0) is 24.3 Å². The number of methoxy groups -OCH3 is 1. The first-order chi connectivity index (χ1) is 10.7. The highest BCUT2D eigenvalue weighted by Gasteiger charge is 2.14. The Bertz CT molecular complexity index is 796. The number of hydrogen-bond donors (Lipinski definition) is 2. The number of benzene rings is 1. The monoisotopic (exact) mass is 317 g/mol. The van der Waals surface area contributed by atoms with Gasteiger partial charge in [0.05, 0.1) is 24.1 Å². The van der Waals surface area contributed by atoms with Crippen molar-refractivity contribution in [1.82, 2.24) is 10.2 Å². The van der Waals surface area contributed by atoms with Gasteiger partial charge in [-0.15, -0.1) is 0 Å². The molecule has 112 valence electrons. The van der Waals surface area contributed by atoms with Gasteiger partial charge in [0.25, 0.3) is 5.91 Å². The second-order valence-corrected chi connectivity index (χ2v) is 4.85. The van der Waals surface area contributed by atoms with Crippen molar-refractivity contribution in [2.45, 2.75) is 0 Å². The van der Waals surface area contributed by atoms with Crippen molar-refractivity contribution in [3.63, 3.8) is 0 Å². The summed E-state index contributed by atoms with van der Waals surface area (Å²) < 4.78 is 10.3. The number of halogens is 1. The van der Waals surface area contributed by atoms with Crippen LogP contribution in [0.2, 0.25) is 5.02 Å². The van der Waals surface area contributed by atoms with E-state index in [1.54, 1.807) is 49.8 Å². The quantitative estimate of drug-likeness (QED) is 0.770. The summed E-state index contributed by atoms with van der Waals surface area (Å²) in [6.45, 7) is 0. The molecular weight excluding hydrogens is 306 g/mol.